The summed E-state index contributed by atoms with van der Waals surface area (Å²) in [6.45, 7) is -0.393. The summed E-state index contributed by atoms with van der Waals surface area (Å²) in [5.41, 5.74) is 3.03. The SMILES string of the molecule is C[As](C)(=O)OCC(O)CO. The summed E-state index contributed by atoms with van der Waals surface area (Å²) in [4.78, 5) is 0. The third-order valence-electron chi connectivity index (χ3n) is 0.789. The van der Waals surface area contributed by atoms with Gasteiger partial charge < -0.3 is 0 Å². The van der Waals surface area contributed by atoms with Crippen LogP contribution in [0.25, 0.3) is 0 Å². The Labute approximate surface area is 62.8 Å². The van der Waals surface area contributed by atoms with Gasteiger partial charge in [-0.2, -0.15) is 0 Å². The number of hydrogen-bond donors (Lipinski definition) is 2. The van der Waals surface area contributed by atoms with Gasteiger partial charge in [-0.05, 0) is 0 Å². The molecule has 1 atom stereocenters. The fourth-order valence-electron chi connectivity index (χ4n) is 0.318. The fraction of sp³-hybridized carbons (Fsp3) is 1.00. The molecule has 0 aliphatic rings. The van der Waals surface area contributed by atoms with Gasteiger partial charge in [0.2, 0.25) is 0 Å². The molecule has 1 unspecified atom stereocenters. The monoisotopic (exact) mass is 212 g/mol. The van der Waals surface area contributed by atoms with Gasteiger partial charge in [0.1, 0.15) is 0 Å². The zero-order chi connectivity index (χ0) is 8.20. The van der Waals surface area contributed by atoms with Crippen molar-refractivity contribution in [2.24, 2.45) is 0 Å². The number of hydrogen-bond acceptors (Lipinski definition) is 4. The maximum atomic E-state index is 10.9. The van der Waals surface area contributed by atoms with Crippen molar-refractivity contribution in [3.63, 3.8) is 0 Å². The van der Waals surface area contributed by atoms with E-state index >= 15 is 0 Å². The van der Waals surface area contributed by atoms with Crippen molar-refractivity contribution in [3.8, 4) is 0 Å². The van der Waals surface area contributed by atoms with Gasteiger partial charge in [-0.1, -0.05) is 0 Å². The van der Waals surface area contributed by atoms with Gasteiger partial charge in [-0.15, -0.1) is 0 Å². The summed E-state index contributed by atoms with van der Waals surface area (Å²) in [5.74, 6) is 0. The van der Waals surface area contributed by atoms with Crippen LogP contribution in [0.3, 0.4) is 0 Å². The Balaban J connectivity index is 3.46. The molecule has 0 aliphatic carbocycles. The fourth-order valence-corrected chi connectivity index (χ4v) is 1.43. The Bertz CT molecular complexity index is 130. The summed E-state index contributed by atoms with van der Waals surface area (Å²) in [5, 5.41) is 17.1. The zero-order valence-corrected chi connectivity index (χ0v) is 8.03. The first kappa shape index (κ1) is 10.2. The first-order chi connectivity index (χ1) is 4.45. The molecule has 0 aromatic rings. The van der Waals surface area contributed by atoms with E-state index < -0.39 is 19.9 Å². The molecule has 0 spiro atoms. The van der Waals surface area contributed by atoms with Crippen molar-refractivity contribution < 1.29 is 17.7 Å². The Kier molecular flexibility index (Phi) is 4.29. The quantitative estimate of drug-likeness (QED) is 0.616. The molecule has 0 saturated carbocycles. The van der Waals surface area contributed by atoms with E-state index in [4.69, 9.17) is 13.9 Å². The van der Waals surface area contributed by atoms with Crippen LogP contribution < -0.4 is 0 Å². The molecular formula is C5H13AsO4. The van der Waals surface area contributed by atoms with E-state index in [-0.39, 0.29) is 13.2 Å². The molecule has 0 fully saturated rings. The molecule has 5 heteroatoms. The number of rotatable bonds is 4. The third-order valence-corrected chi connectivity index (χ3v) is 2.41. The van der Waals surface area contributed by atoms with Crippen LogP contribution in [0, 0.1) is 0 Å². The Hall–Kier alpha value is 0.238. The standard InChI is InChI=1S/C5H13AsO4/c1-6(2,9)10-4-5(8)3-7/h5,7-8H,3-4H2,1-2H3. The molecule has 0 aromatic heterocycles. The second-order valence-electron chi connectivity index (χ2n) is 2.38. The molecule has 0 rings (SSSR count). The number of aliphatic hydroxyl groups excluding tert-OH is 2. The van der Waals surface area contributed by atoms with Crippen LogP contribution in [0.4, 0.5) is 0 Å². The molecule has 10 heavy (non-hydrogen) atoms. The van der Waals surface area contributed by atoms with Crippen LogP contribution in [-0.4, -0.2) is 43.4 Å². The van der Waals surface area contributed by atoms with E-state index in [2.05, 4.69) is 0 Å². The van der Waals surface area contributed by atoms with Gasteiger partial charge >= 0.3 is 62.3 Å². The van der Waals surface area contributed by atoms with E-state index in [0.717, 1.165) is 0 Å². The summed E-state index contributed by atoms with van der Waals surface area (Å²) in [6, 6.07) is 0. The Morgan fingerprint density at radius 2 is 2.10 bits per heavy atom. The Morgan fingerprint density at radius 1 is 1.60 bits per heavy atom. The predicted molar refractivity (Wildman–Crippen MR) is 37.2 cm³/mol. The second-order valence-corrected chi connectivity index (χ2v) is 8.18. The van der Waals surface area contributed by atoms with Crippen molar-refractivity contribution in [2.75, 3.05) is 13.2 Å². The van der Waals surface area contributed by atoms with Crippen LogP contribution >= 0.6 is 0 Å². The minimum atomic E-state index is -3.06. The van der Waals surface area contributed by atoms with Gasteiger partial charge in [-0.3, -0.25) is 0 Å². The molecular weight excluding hydrogens is 199 g/mol. The normalized spacial score (nSPS) is 15.2. The van der Waals surface area contributed by atoms with Crippen LogP contribution in [0.1, 0.15) is 0 Å². The molecule has 0 radical (unpaired) electrons. The summed E-state index contributed by atoms with van der Waals surface area (Å²) in [6.07, 6.45) is -0.908. The minimum absolute atomic E-state index is 0.0417. The van der Waals surface area contributed by atoms with Crippen LogP contribution in [0.5, 0.6) is 0 Å². The average molecular weight is 212 g/mol. The van der Waals surface area contributed by atoms with Crippen molar-refractivity contribution in [2.45, 2.75) is 17.5 Å². The molecule has 0 bridgehead atoms. The zero-order valence-electron chi connectivity index (χ0n) is 6.15. The molecule has 0 heterocycles. The first-order valence-electron chi connectivity index (χ1n) is 2.94. The molecule has 0 amide bonds. The number of aliphatic hydroxyl groups is 2. The second kappa shape index (κ2) is 4.19. The molecule has 62 valence electrons. The van der Waals surface area contributed by atoms with Gasteiger partial charge in [0.25, 0.3) is 0 Å². The molecule has 2 N–H and O–H groups in total. The van der Waals surface area contributed by atoms with Gasteiger partial charge in [-0.25, -0.2) is 0 Å². The molecule has 0 aliphatic heterocycles. The van der Waals surface area contributed by atoms with Crippen molar-refractivity contribution >= 4 is 13.8 Å². The van der Waals surface area contributed by atoms with Gasteiger partial charge in [0.05, 0.1) is 0 Å². The van der Waals surface area contributed by atoms with E-state index in [9.17, 15) is 3.74 Å². The van der Waals surface area contributed by atoms with Crippen LogP contribution in [0.2, 0.25) is 11.4 Å². The Morgan fingerprint density at radius 3 is 2.40 bits per heavy atom. The maximum absolute atomic E-state index is 10.9. The van der Waals surface area contributed by atoms with Crippen LogP contribution in [0.15, 0.2) is 0 Å². The average Bonchev–Trinajstić information content (AvgIpc) is 1.81. The molecule has 0 saturated heterocycles. The summed E-state index contributed by atoms with van der Waals surface area (Å²) in [7, 11) is 0. The molecule has 4 nitrogen and oxygen atoms in total. The summed E-state index contributed by atoms with van der Waals surface area (Å²) < 4.78 is 15.7. The van der Waals surface area contributed by atoms with Crippen molar-refractivity contribution in [3.05, 3.63) is 0 Å². The first-order valence-corrected chi connectivity index (χ1v) is 8.22. The van der Waals surface area contributed by atoms with Crippen LogP contribution in [-0.2, 0) is 7.47 Å². The van der Waals surface area contributed by atoms with E-state index in [0.29, 0.717) is 0 Å². The van der Waals surface area contributed by atoms with E-state index in [1.165, 1.54) is 11.4 Å². The van der Waals surface area contributed by atoms with Gasteiger partial charge in [0, 0.05) is 0 Å². The van der Waals surface area contributed by atoms with E-state index in [1.54, 1.807) is 0 Å². The third kappa shape index (κ3) is 6.36. The molecule has 0 aromatic carbocycles. The van der Waals surface area contributed by atoms with E-state index in [1.807, 2.05) is 0 Å². The summed E-state index contributed by atoms with van der Waals surface area (Å²) >= 11 is -3.06. The van der Waals surface area contributed by atoms with Gasteiger partial charge in [0.15, 0.2) is 0 Å². The van der Waals surface area contributed by atoms with Crippen molar-refractivity contribution in [1.82, 2.24) is 0 Å². The predicted octanol–water partition coefficient (Wildman–Crippen LogP) is -0.511. The van der Waals surface area contributed by atoms with Crippen molar-refractivity contribution in [1.29, 1.82) is 0 Å². The topological polar surface area (TPSA) is 66.8 Å².